The van der Waals surface area contributed by atoms with Crippen LogP contribution >= 0.6 is 0 Å². The lowest BCUT2D eigenvalue weighted by Gasteiger charge is -2.13. The van der Waals surface area contributed by atoms with Gasteiger partial charge < -0.3 is 15.4 Å². The Morgan fingerprint density at radius 3 is 2.85 bits per heavy atom. The van der Waals surface area contributed by atoms with Gasteiger partial charge in [-0.2, -0.15) is 0 Å². The molecule has 0 spiro atoms. The zero-order valence-electron chi connectivity index (χ0n) is 14.3. The van der Waals surface area contributed by atoms with Crippen LogP contribution in [0.25, 0.3) is 0 Å². The molecular weight excluding hydrogens is 332 g/mol. The summed E-state index contributed by atoms with van der Waals surface area (Å²) < 4.78 is 5.06. The van der Waals surface area contributed by atoms with Gasteiger partial charge in [-0.05, 0) is 36.4 Å². The number of benzene rings is 1. The number of methoxy groups -OCH3 is 1. The summed E-state index contributed by atoms with van der Waals surface area (Å²) in [4.78, 5) is 29.4. The van der Waals surface area contributed by atoms with Gasteiger partial charge in [0.2, 0.25) is 5.88 Å². The van der Waals surface area contributed by atoms with Gasteiger partial charge in [0.15, 0.2) is 0 Å². The molecule has 1 aliphatic rings. The van der Waals surface area contributed by atoms with Crippen molar-refractivity contribution in [1.29, 1.82) is 0 Å². The minimum Gasteiger partial charge on any atom is -0.480 e. The van der Waals surface area contributed by atoms with E-state index in [1.165, 1.54) is 7.11 Å². The lowest BCUT2D eigenvalue weighted by Crippen LogP contribution is -2.27. The highest BCUT2D eigenvalue weighted by molar-refractivity contribution is 5.96. The van der Waals surface area contributed by atoms with Gasteiger partial charge in [0.1, 0.15) is 5.56 Å². The minimum atomic E-state index is -0.292. The Kier molecular flexibility index (Phi) is 5.34. The van der Waals surface area contributed by atoms with E-state index in [1.807, 2.05) is 24.3 Å². The number of nitrogens with one attached hydrogen (secondary N) is 2. The number of carbonyl (C=O) groups excluding carboxylic acids is 2. The predicted octanol–water partition coefficient (Wildman–Crippen LogP) is 1.40. The van der Waals surface area contributed by atoms with Gasteiger partial charge >= 0.3 is 6.03 Å². The van der Waals surface area contributed by atoms with Crippen LogP contribution in [0.3, 0.4) is 0 Å². The maximum atomic E-state index is 12.1. The largest absolute Gasteiger partial charge is 0.480 e. The monoisotopic (exact) mass is 350 g/mol. The molecule has 2 N–H and O–H groups in total. The van der Waals surface area contributed by atoms with Crippen molar-refractivity contribution in [2.24, 2.45) is 0 Å². The Bertz CT molecular complexity index is 868. The van der Waals surface area contributed by atoms with Crippen LogP contribution in [0.2, 0.25) is 0 Å². The van der Waals surface area contributed by atoms with Gasteiger partial charge in [0.05, 0.1) is 13.7 Å². The third-order valence-corrected chi connectivity index (χ3v) is 3.81. The van der Waals surface area contributed by atoms with E-state index in [-0.39, 0.29) is 24.4 Å². The highest BCUT2D eigenvalue weighted by Crippen LogP contribution is 2.17. The number of ether oxygens (including phenoxy) is 1. The number of amides is 3. The van der Waals surface area contributed by atoms with E-state index < -0.39 is 0 Å². The number of carbonyl (C=O) groups is 2. The molecule has 2 aromatic rings. The molecule has 0 atom stereocenters. The van der Waals surface area contributed by atoms with Crippen LogP contribution in [0.15, 0.2) is 42.6 Å². The van der Waals surface area contributed by atoms with E-state index >= 15 is 0 Å². The summed E-state index contributed by atoms with van der Waals surface area (Å²) >= 11 is 0. The van der Waals surface area contributed by atoms with Crippen LogP contribution in [-0.2, 0) is 0 Å². The SMILES string of the molecule is COc1ncccc1C(=O)NCC#Cc1ccc(N2CCNC2=O)cc1. The summed E-state index contributed by atoms with van der Waals surface area (Å²) in [6, 6.07) is 10.6. The number of aromatic nitrogens is 1. The van der Waals surface area contributed by atoms with Crippen LogP contribution in [0.4, 0.5) is 10.5 Å². The van der Waals surface area contributed by atoms with Crippen molar-refractivity contribution >= 4 is 17.6 Å². The quantitative estimate of drug-likeness (QED) is 0.817. The molecule has 0 unspecified atom stereocenters. The van der Waals surface area contributed by atoms with Crippen LogP contribution in [0.1, 0.15) is 15.9 Å². The first kappa shape index (κ1) is 17.3. The number of hydrogen-bond acceptors (Lipinski definition) is 4. The molecule has 1 fully saturated rings. The maximum Gasteiger partial charge on any atom is 0.321 e. The van der Waals surface area contributed by atoms with E-state index in [9.17, 15) is 9.59 Å². The molecule has 1 aromatic heterocycles. The Balaban J connectivity index is 1.56. The normalized spacial score (nSPS) is 12.8. The van der Waals surface area contributed by atoms with Crippen molar-refractivity contribution in [2.45, 2.75) is 0 Å². The van der Waals surface area contributed by atoms with E-state index in [0.717, 1.165) is 11.3 Å². The molecule has 7 heteroatoms. The van der Waals surface area contributed by atoms with Crippen molar-refractivity contribution in [3.05, 3.63) is 53.7 Å². The van der Waals surface area contributed by atoms with Crippen LogP contribution in [-0.4, -0.2) is 43.7 Å². The van der Waals surface area contributed by atoms with E-state index in [0.29, 0.717) is 18.7 Å². The average Bonchev–Trinajstić information content (AvgIpc) is 3.11. The number of urea groups is 1. The van der Waals surface area contributed by atoms with Gasteiger partial charge in [0.25, 0.3) is 5.91 Å². The standard InChI is InChI=1S/C19H18N4O3/c1-26-18-16(5-3-11-21-18)17(24)20-10-2-4-14-6-8-15(9-7-14)23-13-12-22-19(23)25/h3,5-9,11H,10,12-13H2,1H3,(H,20,24)(H,22,25). The second kappa shape index (κ2) is 8.03. The van der Waals surface area contributed by atoms with Gasteiger partial charge in [-0.3, -0.25) is 9.69 Å². The maximum absolute atomic E-state index is 12.1. The zero-order chi connectivity index (χ0) is 18.4. The molecule has 3 amide bonds. The fourth-order valence-electron chi connectivity index (χ4n) is 2.53. The zero-order valence-corrected chi connectivity index (χ0v) is 14.3. The third kappa shape index (κ3) is 3.92. The third-order valence-electron chi connectivity index (χ3n) is 3.81. The van der Waals surface area contributed by atoms with Crippen molar-refractivity contribution in [2.75, 3.05) is 31.6 Å². The lowest BCUT2D eigenvalue weighted by molar-refractivity contribution is 0.0955. The Labute approximate surface area is 151 Å². The fourth-order valence-corrected chi connectivity index (χ4v) is 2.53. The minimum absolute atomic E-state index is 0.0858. The predicted molar refractivity (Wildman–Crippen MR) is 97.2 cm³/mol. The van der Waals surface area contributed by atoms with Gasteiger partial charge in [-0.15, -0.1) is 0 Å². The highest BCUT2D eigenvalue weighted by Gasteiger charge is 2.20. The van der Waals surface area contributed by atoms with Gasteiger partial charge in [-0.1, -0.05) is 11.8 Å². The summed E-state index contributed by atoms with van der Waals surface area (Å²) in [6.07, 6.45) is 1.56. The summed E-state index contributed by atoms with van der Waals surface area (Å²) in [5, 5.41) is 5.47. The number of anilines is 1. The van der Waals surface area contributed by atoms with Crippen LogP contribution in [0.5, 0.6) is 5.88 Å². The summed E-state index contributed by atoms with van der Waals surface area (Å²) in [5.74, 6) is 5.87. The Morgan fingerprint density at radius 1 is 1.35 bits per heavy atom. The van der Waals surface area contributed by atoms with Crippen molar-refractivity contribution < 1.29 is 14.3 Å². The molecule has 0 radical (unpaired) electrons. The Hall–Kier alpha value is -3.53. The highest BCUT2D eigenvalue weighted by atomic mass is 16.5. The lowest BCUT2D eigenvalue weighted by atomic mass is 10.2. The molecule has 1 aliphatic heterocycles. The fraction of sp³-hybridized carbons (Fsp3) is 0.211. The molecule has 7 nitrogen and oxygen atoms in total. The summed E-state index contributed by atoms with van der Waals surface area (Å²) in [5.41, 5.74) is 2.01. The van der Waals surface area contributed by atoms with Crippen molar-refractivity contribution in [3.8, 4) is 17.7 Å². The van der Waals surface area contributed by atoms with Gasteiger partial charge in [-0.25, -0.2) is 9.78 Å². The van der Waals surface area contributed by atoms with Crippen molar-refractivity contribution in [1.82, 2.24) is 15.6 Å². The smallest absolute Gasteiger partial charge is 0.321 e. The summed E-state index contributed by atoms with van der Waals surface area (Å²) in [7, 11) is 1.47. The molecule has 26 heavy (non-hydrogen) atoms. The first-order valence-electron chi connectivity index (χ1n) is 8.10. The van der Waals surface area contributed by atoms with Crippen LogP contribution in [0, 0.1) is 11.8 Å². The molecule has 3 rings (SSSR count). The molecule has 1 aromatic carbocycles. The first-order chi connectivity index (χ1) is 12.7. The van der Waals surface area contributed by atoms with Crippen molar-refractivity contribution in [3.63, 3.8) is 0 Å². The molecule has 0 aliphatic carbocycles. The molecule has 1 saturated heterocycles. The molecule has 0 saturated carbocycles. The van der Waals surface area contributed by atoms with E-state index in [1.54, 1.807) is 23.2 Å². The second-order valence-corrected chi connectivity index (χ2v) is 5.48. The molecule has 132 valence electrons. The van der Waals surface area contributed by atoms with E-state index in [2.05, 4.69) is 27.5 Å². The first-order valence-corrected chi connectivity index (χ1v) is 8.10. The Morgan fingerprint density at radius 2 is 2.15 bits per heavy atom. The number of pyridine rings is 1. The molecule has 2 heterocycles. The number of nitrogens with zero attached hydrogens (tertiary/aromatic N) is 2. The topological polar surface area (TPSA) is 83.6 Å². The van der Waals surface area contributed by atoms with E-state index in [4.69, 9.17) is 4.74 Å². The number of hydrogen-bond donors (Lipinski definition) is 2. The number of rotatable bonds is 4. The summed E-state index contributed by atoms with van der Waals surface area (Å²) in [6.45, 7) is 1.52. The molecular formula is C19H18N4O3. The average molecular weight is 350 g/mol. The molecule has 0 bridgehead atoms. The van der Waals surface area contributed by atoms with Crippen LogP contribution < -0.4 is 20.3 Å². The second-order valence-electron chi connectivity index (χ2n) is 5.48. The van der Waals surface area contributed by atoms with Gasteiger partial charge in [0, 0.05) is 30.5 Å².